The molecule has 0 radical (unpaired) electrons. The molecular formula is C43H64Br2Cl2F3N16O2-. The van der Waals surface area contributed by atoms with E-state index in [9.17, 15) is 22.8 Å². The lowest BCUT2D eigenvalue weighted by atomic mass is 10.1. The van der Waals surface area contributed by atoms with Crippen LogP contribution in [0.25, 0.3) is 0 Å². The molecule has 25 heteroatoms. The molecule has 4 aromatic rings. The second-order valence-corrected chi connectivity index (χ2v) is 15.7. The molecule has 68 heavy (non-hydrogen) atoms. The van der Waals surface area contributed by atoms with Gasteiger partial charge in [-0.2, -0.15) is 13.2 Å². The molecule has 2 amide bonds. The van der Waals surface area contributed by atoms with Crippen molar-refractivity contribution >= 4 is 57.8 Å². The lowest BCUT2D eigenvalue weighted by Crippen LogP contribution is -3.00. The molecule has 4 heterocycles. The molecule has 2 aromatic heterocycles. The largest absolute Gasteiger partial charge is 1.00 e. The number of rotatable bonds is 19. The average molecular weight is 1120 g/mol. The number of amides is 2. The maximum absolute atomic E-state index is 13.2. The highest BCUT2D eigenvalue weighted by molar-refractivity contribution is 6.01. The Morgan fingerprint density at radius 1 is 0.779 bits per heavy atom. The number of imidazole rings is 2. The minimum atomic E-state index is -4.98. The highest BCUT2D eigenvalue weighted by Gasteiger charge is 2.44. The van der Waals surface area contributed by atoms with Crippen LogP contribution in [0.5, 0.6) is 0 Å². The normalized spacial score (nSPS) is 12.9. The molecule has 0 spiro atoms. The summed E-state index contributed by atoms with van der Waals surface area (Å²) in [7, 11) is 3.87. The standard InChI is InChI=1S/C25H33F3N8O2.C18H29N8.2BrH.2ClH/c1-18(2)29-9-5-11-34-14-15-35(12-6-10-30-19(3)37)24(34)32-31-20-7-8-21-22(17-20)36(16-13-33(21)4)23(38)25(26,27)28;1-24-11-8-21-16-14-15(4-5-17(16)24)22-23-18-25(9-2-6-19)12-13-26(18)10-3-7-20;;;;/h7-8,14-15,17,29H,1,5-6,9-13,16H2,2-4H3;4-5,12-14,21H,2-3,6-11,19-20H2,1H3;4*1H/q;+1;;;;/p-2. The SMILES string of the molecule is C=C(C)NCCCn1cc[n+](CCCNC(C)=O)c1N=Nc1ccc2c(c1)N(C(=O)C(F)(F)F)CCN2C.CN1CCNc2cc(N=Nc3n(CCCN)cc[n+]3CCC[NH3+])ccc21.[Br-].[Br-].[Cl-].[Cl-]. The third kappa shape index (κ3) is 17.6. The number of halogens is 7. The number of carbonyl (C=O) groups is 2. The molecule has 8 N–H and O–H groups in total. The Morgan fingerprint density at radius 3 is 1.91 bits per heavy atom. The molecule has 378 valence electrons. The summed E-state index contributed by atoms with van der Waals surface area (Å²) < 4.78 is 47.7. The molecule has 0 saturated heterocycles. The highest BCUT2D eigenvalue weighted by Crippen LogP contribution is 2.38. The van der Waals surface area contributed by atoms with Crippen LogP contribution in [0.2, 0.25) is 0 Å². The topological polar surface area (TPSA) is 201 Å². The Bertz CT molecular complexity index is 2210. The minimum absolute atomic E-state index is 0. The predicted molar refractivity (Wildman–Crippen MR) is 241 cm³/mol. The van der Waals surface area contributed by atoms with Gasteiger partial charge in [0.05, 0.1) is 80.3 Å². The van der Waals surface area contributed by atoms with Gasteiger partial charge in [0.2, 0.25) is 5.91 Å². The van der Waals surface area contributed by atoms with E-state index in [1.165, 1.54) is 18.7 Å². The van der Waals surface area contributed by atoms with Crippen molar-refractivity contribution < 1.29 is 96.4 Å². The molecular weight excluding hydrogens is 1060 g/mol. The number of allylic oxidation sites excluding steroid dienone is 1. The zero-order valence-electron chi connectivity index (χ0n) is 39.0. The van der Waals surface area contributed by atoms with Crippen LogP contribution in [0.1, 0.15) is 39.5 Å². The number of nitrogens with one attached hydrogen (secondary N) is 3. The molecule has 0 unspecified atom stereocenters. The fourth-order valence-corrected chi connectivity index (χ4v) is 7.17. The van der Waals surface area contributed by atoms with Gasteiger partial charge in [0.1, 0.15) is 11.4 Å². The van der Waals surface area contributed by atoms with Crippen molar-refractivity contribution in [3.05, 3.63) is 73.5 Å². The second-order valence-electron chi connectivity index (χ2n) is 15.7. The van der Waals surface area contributed by atoms with Crippen LogP contribution in [-0.4, -0.2) is 93.6 Å². The Balaban J connectivity index is 0.000000680. The van der Waals surface area contributed by atoms with E-state index < -0.39 is 12.1 Å². The van der Waals surface area contributed by atoms with E-state index in [0.29, 0.717) is 49.9 Å². The van der Waals surface area contributed by atoms with Gasteiger partial charge < -0.3 is 101 Å². The van der Waals surface area contributed by atoms with Crippen molar-refractivity contribution in [3.63, 3.8) is 0 Å². The van der Waals surface area contributed by atoms with Crippen LogP contribution in [0.4, 0.5) is 59.2 Å². The fraction of sp³-hybridized carbons (Fsp3) is 0.488. The summed E-state index contributed by atoms with van der Waals surface area (Å²) in [5, 5.41) is 27.2. The number of quaternary nitrogens is 1. The maximum Gasteiger partial charge on any atom is 0.471 e. The highest BCUT2D eigenvalue weighted by atomic mass is 79.9. The molecule has 2 aromatic carbocycles. The first-order chi connectivity index (χ1) is 30.7. The Hall–Kier alpha value is -4.81. The van der Waals surface area contributed by atoms with Crippen molar-refractivity contribution in [1.82, 2.24) is 19.8 Å². The molecule has 2 aliphatic heterocycles. The van der Waals surface area contributed by atoms with Gasteiger partial charge in [-0.3, -0.25) is 9.59 Å². The number of hydrogen-bond donors (Lipinski definition) is 5. The monoisotopic (exact) mass is 1120 g/mol. The third-order valence-corrected chi connectivity index (χ3v) is 10.6. The lowest BCUT2D eigenvalue weighted by molar-refractivity contribution is -0.686. The van der Waals surface area contributed by atoms with Gasteiger partial charge >= 0.3 is 24.0 Å². The molecule has 0 saturated carbocycles. The van der Waals surface area contributed by atoms with Crippen molar-refractivity contribution in [2.75, 3.05) is 86.5 Å². The predicted octanol–water partition coefficient (Wildman–Crippen LogP) is -7.37. The van der Waals surface area contributed by atoms with E-state index in [4.69, 9.17) is 5.73 Å². The van der Waals surface area contributed by atoms with E-state index in [2.05, 4.69) is 94.3 Å². The number of likely N-dealkylation sites (N-methyl/N-ethyl adjacent to an activating group) is 2. The smallest absolute Gasteiger partial charge is 0.471 e. The molecule has 0 fully saturated rings. The van der Waals surface area contributed by atoms with Crippen LogP contribution >= 0.6 is 0 Å². The number of fused-ring (bicyclic) bond motifs is 2. The number of aryl methyl sites for hydroxylation is 4. The van der Waals surface area contributed by atoms with Crippen molar-refractivity contribution in [2.45, 2.75) is 71.9 Å². The number of carbonyl (C=O) groups excluding carboxylic acids is 2. The molecule has 0 aliphatic carbocycles. The Kier molecular flexibility index (Phi) is 26.9. The van der Waals surface area contributed by atoms with E-state index in [-0.39, 0.29) is 83.5 Å². The van der Waals surface area contributed by atoms with Gasteiger partial charge in [-0.1, -0.05) is 16.8 Å². The van der Waals surface area contributed by atoms with Gasteiger partial charge in [-0.05, 0) is 69.1 Å². The van der Waals surface area contributed by atoms with Crippen molar-refractivity contribution in [3.8, 4) is 0 Å². The maximum atomic E-state index is 13.2. The lowest BCUT2D eigenvalue weighted by Gasteiger charge is -2.35. The number of hydrogen-bond acceptors (Lipinski definition) is 11. The second kappa shape index (κ2) is 29.9. The summed E-state index contributed by atoms with van der Waals surface area (Å²) in [6.45, 7) is 15.1. The average Bonchev–Trinajstić information content (AvgIpc) is 3.85. The first-order valence-electron chi connectivity index (χ1n) is 21.7. The van der Waals surface area contributed by atoms with E-state index in [0.717, 1.165) is 86.5 Å². The summed E-state index contributed by atoms with van der Waals surface area (Å²) in [6, 6.07) is 10.9. The summed E-state index contributed by atoms with van der Waals surface area (Å²) in [5.41, 5.74) is 14.6. The van der Waals surface area contributed by atoms with Gasteiger partial charge in [0, 0.05) is 82.6 Å². The summed E-state index contributed by atoms with van der Waals surface area (Å²) in [5.74, 6) is -0.597. The zero-order valence-corrected chi connectivity index (χ0v) is 43.6. The molecule has 18 nitrogen and oxygen atoms in total. The summed E-state index contributed by atoms with van der Waals surface area (Å²) in [4.78, 5) is 28.0. The van der Waals surface area contributed by atoms with E-state index in [1.54, 1.807) is 24.1 Å². The number of nitrogens with zero attached hydrogens (tertiary/aromatic N) is 11. The molecule has 0 bridgehead atoms. The number of azo groups is 2. The van der Waals surface area contributed by atoms with Gasteiger partial charge in [0.15, 0.2) is 0 Å². The van der Waals surface area contributed by atoms with Crippen LogP contribution in [-0.2, 0) is 35.8 Å². The van der Waals surface area contributed by atoms with Crippen LogP contribution in [0.15, 0.2) is 93.9 Å². The number of benzene rings is 2. The summed E-state index contributed by atoms with van der Waals surface area (Å²) in [6.07, 6.45) is 6.31. The third-order valence-electron chi connectivity index (χ3n) is 10.6. The Labute approximate surface area is 429 Å². The number of alkyl halides is 3. The van der Waals surface area contributed by atoms with Crippen molar-refractivity contribution in [2.24, 2.45) is 26.2 Å². The van der Waals surface area contributed by atoms with Crippen molar-refractivity contribution in [1.29, 1.82) is 0 Å². The van der Waals surface area contributed by atoms with E-state index in [1.807, 2.05) is 34.5 Å². The molecule has 6 rings (SSSR count). The first-order valence-corrected chi connectivity index (χ1v) is 21.7. The van der Waals surface area contributed by atoms with E-state index >= 15 is 0 Å². The molecule has 0 atom stereocenters. The zero-order chi connectivity index (χ0) is 46.2. The van der Waals surface area contributed by atoms with Crippen LogP contribution < -0.4 is 110 Å². The van der Waals surface area contributed by atoms with Crippen LogP contribution in [0, 0.1) is 0 Å². The van der Waals surface area contributed by atoms with Crippen LogP contribution in [0.3, 0.4) is 0 Å². The van der Waals surface area contributed by atoms with Gasteiger partial charge in [-0.25, -0.2) is 18.3 Å². The first kappa shape index (κ1) is 61.2. The molecule has 2 aliphatic rings. The fourth-order valence-electron chi connectivity index (χ4n) is 7.17. The Morgan fingerprint density at radius 2 is 1.34 bits per heavy atom. The number of aromatic nitrogens is 4. The number of anilines is 4. The van der Waals surface area contributed by atoms with Gasteiger partial charge in [-0.15, -0.1) is 0 Å². The quantitative estimate of drug-likeness (QED) is 0.0349. The van der Waals surface area contributed by atoms with Gasteiger partial charge in [0.25, 0.3) is 0 Å². The minimum Gasteiger partial charge on any atom is -1.00 e. The number of nitrogens with two attached hydrogens (primary N) is 1. The summed E-state index contributed by atoms with van der Waals surface area (Å²) >= 11 is 0.